The summed E-state index contributed by atoms with van der Waals surface area (Å²) >= 11 is 0. The zero-order valence-electron chi connectivity index (χ0n) is 12.2. The third kappa shape index (κ3) is 5.40. The summed E-state index contributed by atoms with van der Waals surface area (Å²) in [6.45, 7) is 3.46. The van der Waals surface area contributed by atoms with E-state index in [1.807, 2.05) is 42.5 Å². The molecule has 0 N–H and O–H groups in total. The first-order valence-electron chi connectivity index (χ1n) is 7.11. The molecular formula is C18H20O3. The Balaban J connectivity index is 1.60. The Kier molecular flexibility index (Phi) is 5.98. The summed E-state index contributed by atoms with van der Waals surface area (Å²) < 4.78 is 11.2. The molecule has 0 unspecified atom stereocenters. The number of benzene rings is 2. The molecule has 0 radical (unpaired) electrons. The number of ether oxygens (including phenoxy) is 2. The fraction of sp³-hybridized carbons (Fsp3) is 0.278. The first-order chi connectivity index (χ1) is 10.3. The van der Waals surface area contributed by atoms with E-state index in [4.69, 9.17) is 9.47 Å². The summed E-state index contributed by atoms with van der Waals surface area (Å²) in [5.41, 5.74) is 1.88. The van der Waals surface area contributed by atoms with Crippen LogP contribution >= 0.6 is 0 Å². The summed E-state index contributed by atoms with van der Waals surface area (Å²) in [5, 5.41) is 0. The average Bonchev–Trinajstić information content (AvgIpc) is 2.52. The van der Waals surface area contributed by atoms with Crippen molar-refractivity contribution < 1.29 is 14.3 Å². The second kappa shape index (κ2) is 8.22. The highest BCUT2D eigenvalue weighted by Gasteiger charge is 1.99. The number of Topliss-reactive ketones (excluding diaryl/α,β-unsaturated/α-hetero) is 1. The molecule has 3 heteroatoms. The van der Waals surface area contributed by atoms with E-state index in [1.165, 1.54) is 5.56 Å². The largest absolute Gasteiger partial charge is 0.494 e. The highest BCUT2D eigenvalue weighted by atomic mass is 16.5. The Bertz CT molecular complexity index is 546. The summed E-state index contributed by atoms with van der Waals surface area (Å²) in [5.74, 6) is 0.846. The minimum Gasteiger partial charge on any atom is -0.494 e. The van der Waals surface area contributed by atoms with Crippen molar-refractivity contribution in [3.8, 4) is 5.75 Å². The molecular weight excluding hydrogens is 264 g/mol. The number of hydrogen-bond donors (Lipinski definition) is 0. The van der Waals surface area contributed by atoms with Crippen LogP contribution in [0, 0.1) is 0 Å². The lowest BCUT2D eigenvalue weighted by Gasteiger charge is -2.07. The molecule has 2 aromatic carbocycles. The molecule has 0 heterocycles. The van der Waals surface area contributed by atoms with Crippen LogP contribution < -0.4 is 4.74 Å². The molecule has 0 bridgehead atoms. The Morgan fingerprint density at radius 1 is 0.952 bits per heavy atom. The molecule has 0 aliphatic heterocycles. The van der Waals surface area contributed by atoms with E-state index in [-0.39, 0.29) is 5.78 Å². The van der Waals surface area contributed by atoms with Gasteiger partial charge in [-0.2, -0.15) is 0 Å². The Morgan fingerprint density at radius 2 is 1.67 bits per heavy atom. The van der Waals surface area contributed by atoms with E-state index >= 15 is 0 Å². The van der Waals surface area contributed by atoms with Crippen LogP contribution in [0.2, 0.25) is 0 Å². The van der Waals surface area contributed by atoms with E-state index in [0.29, 0.717) is 25.4 Å². The van der Waals surface area contributed by atoms with Crippen LogP contribution in [-0.2, 0) is 11.3 Å². The zero-order chi connectivity index (χ0) is 14.9. The van der Waals surface area contributed by atoms with Gasteiger partial charge in [-0.15, -0.1) is 0 Å². The van der Waals surface area contributed by atoms with Gasteiger partial charge in [0.25, 0.3) is 0 Å². The second-order valence-corrected chi connectivity index (χ2v) is 4.82. The first kappa shape index (κ1) is 15.3. The van der Waals surface area contributed by atoms with Crippen molar-refractivity contribution in [1.82, 2.24) is 0 Å². The normalized spacial score (nSPS) is 10.3. The van der Waals surface area contributed by atoms with Crippen molar-refractivity contribution in [2.24, 2.45) is 0 Å². The van der Waals surface area contributed by atoms with Gasteiger partial charge in [0.15, 0.2) is 5.78 Å². The standard InChI is InChI=1S/C18H20O3/c1-15(19)17-8-10-18(11-9-17)21-13-5-12-20-14-16-6-3-2-4-7-16/h2-4,6-11H,5,12-14H2,1H3. The summed E-state index contributed by atoms with van der Waals surface area (Å²) in [7, 11) is 0. The summed E-state index contributed by atoms with van der Waals surface area (Å²) in [6, 6.07) is 17.3. The van der Waals surface area contributed by atoms with Crippen LogP contribution in [-0.4, -0.2) is 19.0 Å². The van der Waals surface area contributed by atoms with E-state index in [9.17, 15) is 4.79 Å². The Morgan fingerprint density at radius 3 is 2.33 bits per heavy atom. The lowest BCUT2D eigenvalue weighted by Crippen LogP contribution is -2.03. The minimum atomic E-state index is 0.0656. The molecule has 0 aromatic heterocycles. The van der Waals surface area contributed by atoms with Crippen molar-refractivity contribution in [2.45, 2.75) is 20.0 Å². The fourth-order valence-electron chi connectivity index (χ4n) is 1.90. The average molecular weight is 284 g/mol. The summed E-state index contributed by atoms with van der Waals surface area (Å²) in [4.78, 5) is 11.1. The van der Waals surface area contributed by atoms with Gasteiger partial charge in [-0.25, -0.2) is 0 Å². The number of rotatable bonds is 8. The molecule has 0 amide bonds. The Hall–Kier alpha value is -2.13. The van der Waals surface area contributed by atoms with Gasteiger partial charge in [-0.3, -0.25) is 4.79 Å². The molecule has 2 rings (SSSR count). The lowest BCUT2D eigenvalue weighted by atomic mass is 10.1. The van der Waals surface area contributed by atoms with Crippen LogP contribution in [0.1, 0.15) is 29.3 Å². The predicted octanol–water partition coefficient (Wildman–Crippen LogP) is 3.87. The highest BCUT2D eigenvalue weighted by molar-refractivity contribution is 5.94. The van der Waals surface area contributed by atoms with Crippen molar-refractivity contribution in [3.05, 3.63) is 65.7 Å². The molecule has 3 nitrogen and oxygen atoms in total. The van der Waals surface area contributed by atoms with Gasteiger partial charge in [-0.05, 0) is 36.8 Å². The van der Waals surface area contributed by atoms with Gasteiger partial charge in [0.2, 0.25) is 0 Å². The van der Waals surface area contributed by atoms with E-state index in [2.05, 4.69) is 0 Å². The molecule has 110 valence electrons. The van der Waals surface area contributed by atoms with Crippen LogP contribution in [0.4, 0.5) is 0 Å². The van der Waals surface area contributed by atoms with Gasteiger partial charge < -0.3 is 9.47 Å². The second-order valence-electron chi connectivity index (χ2n) is 4.82. The molecule has 0 spiro atoms. The fourth-order valence-corrected chi connectivity index (χ4v) is 1.90. The van der Waals surface area contributed by atoms with Crippen molar-refractivity contribution in [1.29, 1.82) is 0 Å². The van der Waals surface area contributed by atoms with Gasteiger partial charge in [0.1, 0.15) is 5.75 Å². The molecule has 0 aliphatic rings. The third-order valence-corrected chi connectivity index (χ3v) is 3.07. The molecule has 0 saturated heterocycles. The van der Waals surface area contributed by atoms with Gasteiger partial charge in [0.05, 0.1) is 19.8 Å². The Labute approximate surface area is 125 Å². The molecule has 2 aromatic rings. The number of ketones is 1. The van der Waals surface area contributed by atoms with E-state index in [1.54, 1.807) is 19.1 Å². The van der Waals surface area contributed by atoms with Crippen LogP contribution in [0.5, 0.6) is 5.75 Å². The topological polar surface area (TPSA) is 35.5 Å². The van der Waals surface area contributed by atoms with Gasteiger partial charge >= 0.3 is 0 Å². The van der Waals surface area contributed by atoms with E-state index < -0.39 is 0 Å². The monoisotopic (exact) mass is 284 g/mol. The van der Waals surface area contributed by atoms with Crippen LogP contribution in [0.25, 0.3) is 0 Å². The maximum absolute atomic E-state index is 11.1. The molecule has 21 heavy (non-hydrogen) atoms. The third-order valence-electron chi connectivity index (χ3n) is 3.07. The smallest absolute Gasteiger partial charge is 0.159 e. The molecule has 0 saturated carbocycles. The zero-order valence-corrected chi connectivity index (χ0v) is 12.2. The summed E-state index contributed by atoms with van der Waals surface area (Å²) in [6.07, 6.45) is 0.835. The van der Waals surface area contributed by atoms with Crippen molar-refractivity contribution in [3.63, 3.8) is 0 Å². The van der Waals surface area contributed by atoms with Crippen LogP contribution in [0.15, 0.2) is 54.6 Å². The molecule has 0 fully saturated rings. The van der Waals surface area contributed by atoms with Crippen molar-refractivity contribution in [2.75, 3.05) is 13.2 Å². The first-order valence-corrected chi connectivity index (χ1v) is 7.11. The SMILES string of the molecule is CC(=O)c1ccc(OCCCOCc2ccccc2)cc1. The molecule has 0 atom stereocenters. The van der Waals surface area contributed by atoms with Crippen molar-refractivity contribution >= 4 is 5.78 Å². The maximum Gasteiger partial charge on any atom is 0.159 e. The number of carbonyl (C=O) groups excluding carboxylic acids is 1. The van der Waals surface area contributed by atoms with Gasteiger partial charge in [-0.1, -0.05) is 30.3 Å². The molecule has 0 aliphatic carbocycles. The quantitative estimate of drug-likeness (QED) is 0.545. The predicted molar refractivity (Wildman–Crippen MR) is 82.7 cm³/mol. The highest BCUT2D eigenvalue weighted by Crippen LogP contribution is 2.12. The number of carbonyl (C=O) groups is 1. The van der Waals surface area contributed by atoms with E-state index in [0.717, 1.165) is 12.2 Å². The maximum atomic E-state index is 11.1. The number of hydrogen-bond acceptors (Lipinski definition) is 3. The van der Waals surface area contributed by atoms with Crippen LogP contribution in [0.3, 0.4) is 0 Å². The van der Waals surface area contributed by atoms with Gasteiger partial charge in [0, 0.05) is 12.0 Å². The lowest BCUT2D eigenvalue weighted by molar-refractivity contribution is 0.101. The minimum absolute atomic E-state index is 0.0656.